The summed E-state index contributed by atoms with van der Waals surface area (Å²) in [6.45, 7) is 3.41. The molecule has 0 heterocycles. The van der Waals surface area contributed by atoms with Crippen LogP contribution in [0.15, 0.2) is 0 Å². The normalized spacial score (nSPS) is 18.6. The van der Waals surface area contributed by atoms with Crippen LogP contribution in [-0.4, -0.2) is 37.6 Å². The molecule has 1 N–H and O–H groups in total. The van der Waals surface area contributed by atoms with Crippen LogP contribution in [0.25, 0.3) is 0 Å². The first-order valence-electron chi connectivity index (χ1n) is 4.92. The highest BCUT2D eigenvalue weighted by molar-refractivity contribution is 4.79. The van der Waals surface area contributed by atoms with Crippen molar-refractivity contribution in [2.24, 2.45) is 0 Å². The summed E-state index contributed by atoms with van der Waals surface area (Å²) < 4.78 is 0. The van der Waals surface area contributed by atoms with Crippen molar-refractivity contribution >= 4 is 0 Å². The molecule has 76 valence electrons. The number of nitrogens with zero attached hydrogens (tertiary/aromatic N) is 1. The van der Waals surface area contributed by atoms with Crippen LogP contribution in [0.3, 0.4) is 0 Å². The van der Waals surface area contributed by atoms with E-state index in [-0.39, 0.29) is 0 Å². The summed E-state index contributed by atoms with van der Waals surface area (Å²) in [6.07, 6.45) is 12.2. The molecule has 1 fully saturated rings. The van der Waals surface area contributed by atoms with Gasteiger partial charge in [-0.2, -0.15) is 0 Å². The lowest BCUT2D eigenvalue weighted by Crippen LogP contribution is -2.45. The standard InChI is InChI=1S/C9H20N2.C2H2/c1-8(7-11(2)3)10-9-5-4-6-9;1-2/h8-10H,4-7H2,1-3H3;1-2H. The lowest BCUT2D eigenvalue weighted by atomic mass is 9.92. The molecule has 0 spiro atoms. The molecule has 0 aromatic rings. The largest absolute Gasteiger partial charge is 0.310 e. The van der Waals surface area contributed by atoms with E-state index in [0.717, 1.165) is 12.6 Å². The molecule has 0 amide bonds. The quantitative estimate of drug-likeness (QED) is 0.660. The van der Waals surface area contributed by atoms with Gasteiger partial charge in [0.15, 0.2) is 0 Å². The molecule has 1 atom stereocenters. The highest BCUT2D eigenvalue weighted by Crippen LogP contribution is 2.18. The monoisotopic (exact) mass is 182 g/mol. The Labute approximate surface area is 82.7 Å². The van der Waals surface area contributed by atoms with E-state index in [1.54, 1.807) is 0 Å². The molecule has 2 heteroatoms. The van der Waals surface area contributed by atoms with Gasteiger partial charge in [0.05, 0.1) is 0 Å². The Kier molecular flexibility index (Phi) is 6.66. The molecule has 1 rings (SSSR count). The van der Waals surface area contributed by atoms with Gasteiger partial charge in [-0.25, -0.2) is 0 Å². The van der Waals surface area contributed by atoms with Crippen LogP contribution < -0.4 is 5.32 Å². The maximum absolute atomic E-state index is 4.00. The van der Waals surface area contributed by atoms with Crippen LogP contribution in [-0.2, 0) is 0 Å². The van der Waals surface area contributed by atoms with Crippen molar-refractivity contribution in [3.63, 3.8) is 0 Å². The predicted octanol–water partition coefficient (Wildman–Crippen LogP) is 1.33. The van der Waals surface area contributed by atoms with Gasteiger partial charge >= 0.3 is 0 Å². The van der Waals surface area contributed by atoms with Crippen molar-refractivity contribution < 1.29 is 0 Å². The van der Waals surface area contributed by atoms with Crippen molar-refractivity contribution in [1.82, 2.24) is 10.2 Å². The topological polar surface area (TPSA) is 15.3 Å². The number of hydrogen-bond acceptors (Lipinski definition) is 2. The van der Waals surface area contributed by atoms with E-state index in [4.69, 9.17) is 0 Å². The molecule has 0 aliphatic heterocycles. The van der Waals surface area contributed by atoms with Crippen LogP contribution in [0.4, 0.5) is 0 Å². The number of hydrogen-bond donors (Lipinski definition) is 1. The molecule has 0 bridgehead atoms. The number of nitrogens with one attached hydrogen (secondary N) is 1. The molecule has 2 nitrogen and oxygen atoms in total. The first-order valence-corrected chi connectivity index (χ1v) is 4.92. The Balaban J connectivity index is 0.000000671. The SMILES string of the molecule is C#C.CC(CN(C)C)NC1CCC1. The first-order chi connectivity index (χ1) is 6.18. The summed E-state index contributed by atoms with van der Waals surface area (Å²) in [5.74, 6) is 0. The van der Waals surface area contributed by atoms with E-state index in [0.29, 0.717) is 6.04 Å². The smallest absolute Gasteiger partial charge is 0.0169 e. The molecule has 1 unspecified atom stereocenters. The van der Waals surface area contributed by atoms with E-state index in [9.17, 15) is 0 Å². The Morgan fingerprint density at radius 2 is 1.92 bits per heavy atom. The van der Waals surface area contributed by atoms with Gasteiger partial charge in [0, 0.05) is 18.6 Å². The third-order valence-corrected chi connectivity index (χ3v) is 2.26. The number of terminal acetylenes is 1. The maximum atomic E-state index is 4.00. The molecule has 1 aliphatic carbocycles. The molecule has 1 aliphatic rings. The van der Waals surface area contributed by atoms with Crippen molar-refractivity contribution in [1.29, 1.82) is 0 Å². The molecular weight excluding hydrogens is 160 g/mol. The van der Waals surface area contributed by atoms with E-state index in [1.807, 2.05) is 0 Å². The molecule has 0 saturated heterocycles. The Bertz CT molecular complexity index is 136. The summed E-state index contributed by atoms with van der Waals surface area (Å²) in [6, 6.07) is 1.47. The average Bonchev–Trinajstić information content (AvgIpc) is 2.00. The van der Waals surface area contributed by atoms with Crippen LogP contribution in [0.5, 0.6) is 0 Å². The Morgan fingerprint density at radius 1 is 1.38 bits per heavy atom. The second-order valence-corrected chi connectivity index (χ2v) is 3.96. The summed E-state index contributed by atoms with van der Waals surface area (Å²) in [4.78, 5) is 2.23. The van der Waals surface area contributed by atoms with Crippen LogP contribution in [0, 0.1) is 12.8 Å². The van der Waals surface area contributed by atoms with Gasteiger partial charge in [-0.05, 0) is 33.9 Å². The Morgan fingerprint density at radius 3 is 2.23 bits per heavy atom. The second kappa shape index (κ2) is 6.94. The fraction of sp³-hybridized carbons (Fsp3) is 0.818. The molecule has 0 aromatic carbocycles. The third-order valence-electron chi connectivity index (χ3n) is 2.26. The predicted molar refractivity (Wildman–Crippen MR) is 58.7 cm³/mol. The first kappa shape index (κ1) is 12.5. The van der Waals surface area contributed by atoms with Gasteiger partial charge in [0.2, 0.25) is 0 Å². The van der Waals surface area contributed by atoms with Crippen molar-refractivity contribution in [2.75, 3.05) is 20.6 Å². The van der Waals surface area contributed by atoms with Gasteiger partial charge in [-0.3, -0.25) is 0 Å². The van der Waals surface area contributed by atoms with Gasteiger partial charge in [0.1, 0.15) is 0 Å². The summed E-state index contributed by atoms with van der Waals surface area (Å²) in [7, 11) is 4.25. The minimum atomic E-state index is 0.648. The van der Waals surface area contributed by atoms with Crippen LogP contribution in [0.2, 0.25) is 0 Å². The number of likely N-dealkylation sites (N-methyl/N-ethyl adjacent to an activating group) is 1. The summed E-state index contributed by atoms with van der Waals surface area (Å²) >= 11 is 0. The fourth-order valence-corrected chi connectivity index (χ4v) is 1.58. The average molecular weight is 182 g/mol. The fourth-order valence-electron chi connectivity index (χ4n) is 1.58. The highest BCUT2D eigenvalue weighted by Gasteiger charge is 2.18. The molecule has 13 heavy (non-hydrogen) atoms. The molecule has 0 aromatic heterocycles. The molecular formula is C11H22N2. The number of rotatable bonds is 4. The zero-order chi connectivity index (χ0) is 10.3. The lowest BCUT2D eigenvalue weighted by Gasteiger charge is -2.31. The van der Waals surface area contributed by atoms with Crippen LogP contribution >= 0.6 is 0 Å². The van der Waals surface area contributed by atoms with Crippen molar-refractivity contribution in [2.45, 2.75) is 38.3 Å². The van der Waals surface area contributed by atoms with Crippen LogP contribution in [0.1, 0.15) is 26.2 Å². The second-order valence-electron chi connectivity index (χ2n) is 3.96. The minimum absolute atomic E-state index is 0.648. The summed E-state index contributed by atoms with van der Waals surface area (Å²) in [5, 5.41) is 3.61. The van der Waals surface area contributed by atoms with Gasteiger partial charge in [-0.15, -0.1) is 12.8 Å². The van der Waals surface area contributed by atoms with E-state index >= 15 is 0 Å². The third kappa shape index (κ3) is 5.68. The van der Waals surface area contributed by atoms with Gasteiger partial charge in [0.25, 0.3) is 0 Å². The van der Waals surface area contributed by atoms with E-state index < -0.39 is 0 Å². The minimum Gasteiger partial charge on any atom is -0.310 e. The van der Waals surface area contributed by atoms with Crippen molar-refractivity contribution in [3.05, 3.63) is 0 Å². The van der Waals surface area contributed by atoms with E-state index in [2.05, 4.69) is 44.1 Å². The zero-order valence-electron chi connectivity index (χ0n) is 9.09. The highest BCUT2D eigenvalue weighted by atomic mass is 15.1. The molecule has 1 saturated carbocycles. The lowest BCUT2D eigenvalue weighted by molar-refractivity contribution is 0.272. The zero-order valence-corrected chi connectivity index (χ0v) is 9.09. The van der Waals surface area contributed by atoms with Gasteiger partial charge < -0.3 is 10.2 Å². The molecule has 0 radical (unpaired) electrons. The Hall–Kier alpha value is -0.520. The van der Waals surface area contributed by atoms with Gasteiger partial charge in [-0.1, -0.05) is 6.42 Å². The maximum Gasteiger partial charge on any atom is 0.0169 e. The van der Waals surface area contributed by atoms with Crippen molar-refractivity contribution in [3.8, 4) is 12.8 Å². The van der Waals surface area contributed by atoms with E-state index in [1.165, 1.54) is 19.3 Å². The summed E-state index contributed by atoms with van der Waals surface area (Å²) in [5.41, 5.74) is 0.